The Kier molecular flexibility index (Phi) is 64.9. The Morgan fingerprint density at radius 2 is 0.649 bits per heavy atom. The Hall–Kier alpha value is -1.92. The molecule has 454 valence electrons. The number of carbonyl (C=O) groups excluding carboxylic acids is 2. The van der Waals surface area contributed by atoms with E-state index in [9.17, 15) is 19.8 Å². The molecule has 0 radical (unpaired) electrons. The lowest BCUT2D eigenvalue weighted by Gasteiger charge is -2.20. The van der Waals surface area contributed by atoms with Gasteiger partial charge in [0, 0.05) is 12.8 Å². The standard InChI is InChI=1S/C71H135NO5/c1-3-5-7-9-11-13-15-17-36-41-45-49-53-57-61-65-71(76)77-66-62-58-54-50-46-42-38-35-33-31-29-27-25-23-21-19-20-22-24-26-28-30-32-34-37-40-44-48-52-56-60-64-70(75)72-68(67-73)69(74)63-59-55-51-47-43-39-18-16-14-12-10-8-6-4-2/h11,13,17,36,59,63,68-69,73-74H,3-10,12,14-16,18-35,37-58,60-62,64-67H2,1-2H3,(H,72,75)/b13-11-,36-17-,63-59+/t68-,69+/m0/s1. The highest BCUT2D eigenvalue weighted by Crippen LogP contribution is 2.19. The lowest BCUT2D eigenvalue weighted by Crippen LogP contribution is -2.45. The first-order valence-corrected chi connectivity index (χ1v) is 34.8. The third-order valence-corrected chi connectivity index (χ3v) is 16.2. The number of rotatable bonds is 65. The van der Waals surface area contributed by atoms with E-state index in [1.165, 1.54) is 302 Å². The number of aliphatic hydroxyl groups is 2. The Morgan fingerprint density at radius 1 is 0.364 bits per heavy atom. The summed E-state index contributed by atoms with van der Waals surface area (Å²) >= 11 is 0. The number of allylic oxidation sites excluding steroid dienone is 5. The normalized spacial score (nSPS) is 12.7. The third kappa shape index (κ3) is 63.1. The van der Waals surface area contributed by atoms with Crippen molar-refractivity contribution in [2.75, 3.05) is 13.2 Å². The second kappa shape index (κ2) is 66.6. The Bertz CT molecular complexity index is 1250. The molecule has 0 aromatic rings. The minimum Gasteiger partial charge on any atom is -0.466 e. The molecule has 0 rings (SSSR count). The van der Waals surface area contributed by atoms with E-state index in [1.807, 2.05) is 6.08 Å². The van der Waals surface area contributed by atoms with Crippen LogP contribution in [0.3, 0.4) is 0 Å². The van der Waals surface area contributed by atoms with Gasteiger partial charge >= 0.3 is 5.97 Å². The minimum absolute atomic E-state index is 0.00654. The summed E-state index contributed by atoms with van der Waals surface area (Å²) in [7, 11) is 0. The minimum atomic E-state index is -0.841. The van der Waals surface area contributed by atoms with Gasteiger partial charge in [-0.3, -0.25) is 9.59 Å². The zero-order valence-corrected chi connectivity index (χ0v) is 52.0. The summed E-state index contributed by atoms with van der Waals surface area (Å²) in [6.45, 7) is 4.90. The number of hydrogen-bond acceptors (Lipinski definition) is 5. The second-order valence-electron chi connectivity index (χ2n) is 23.9. The third-order valence-electron chi connectivity index (χ3n) is 16.2. The number of nitrogens with one attached hydrogen (secondary N) is 1. The summed E-state index contributed by atoms with van der Waals surface area (Å²) in [5.74, 6) is -0.0556. The maximum absolute atomic E-state index is 12.5. The Morgan fingerprint density at radius 3 is 1.01 bits per heavy atom. The summed E-state index contributed by atoms with van der Waals surface area (Å²) in [4.78, 5) is 24.5. The van der Waals surface area contributed by atoms with Gasteiger partial charge in [0.05, 0.1) is 25.4 Å². The molecule has 0 saturated carbocycles. The van der Waals surface area contributed by atoms with Crippen molar-refractivity contribution < 1.29 is 24.5 Å². The molecule has 0 aliphatic rings. The van der Waals surface area contributed by atoms with E-state index < -0.39 is 12.1 Å². The molecule has 0 fully saturated rings. The highest BCUT2D eigenvalue weighted by Gasteiger charge is 2.18. The highest BCUT2D eigenvalue weighted by molar-refractivity contribution is 5.76. The molecule has 77 heavy (non-hydrogen) atoms. The predicted molar refractivity (Wildman–Crippen MR) is 338 cm³/mol. The number of carbonyl (C=O) groups is 2. The fourth-order valence-corrected chi connectivity index (χ4v) is 10.8. The molecular formula is C71H135NO5. The molecule has 0 spiro atoms. The number of unbranched alkanes of at least 4 members (excludes halogenated alkanes) is 50. The summed E-state index contributed by atoms with van der Waals surface area (Å²) < 4.78 is 5.49. The molecular weight excluding hydrogens is 947 g/mol. The van der Waals surface area contributed by atoms with Crippen LogP contribution in [0, 0.1) is 0 Å². The van der Waals surface area contributed by atoms with Crippen molar-refractivity contribution in [3.63, 3.8) is 0 Å². The maximum atomic E-state index is 12.5. The van der Waals surface area contributed by atoms with Crippen LogP contribution in [0.5, 0.6) is 0 Å². The summed E-state index contributed by atoms with van der Waals surface area (Å²) in [5, 5.41) is 23.1. The van der Waals surface area contributed by atoms with Crippen molar-refractivity contribution in [2.45, 2.75) is 392 Å². The van der Waals surface area contributed by atoms with Gasteiger partial charge in [-0.25, -0.2) is 0 Å². The van der Waals surface area contributed by atoms with Crippen LogP contribution in [0.2, 0.25) is 0 Å². The van der Waals surface area contributed by atoms with Gasteiger partial charge in [-0.05, 0) is 64.2 Å². The van der Waals surface area contributed by atoms with Crippen molar-refractivity contribution in [3.05, 3.63) is 36.5 Å². The van der Waals surface area contributed by atoms with E-state index >= 15 is 0 Å². The topological polar surface area (TPSA) is 95.9 Å². The number of ether oxygens (including phenoxy) is 1. The summed E-state index contributed by atoms with van der Waals surface area (Å²) in [6.07, 6.45) is 85.1. The van der Waals surface area contributed by atoms with Crippen molar-refractivity contribution >= 4 is 11.9 Å². The summed E-state index contributed by atoms with van der Waals surface area (Å²) in [5.41, 5.74) is 0. The van der Waals surface area contributed by atoms with Gasteiger partial charge in [-0.1, -0.05) is 339 Å². The molecule has 0 heterocycles. The zero-order chi connectivity index (χ0) is 55.7. The van der Waals surface area contributed by atoms with Crippen LogP contribution in [-0.2, 0) is 14.3 Å². The quantitative estimate of drug-likeness (QED) is 0.0320. The highest BCUT2D eigenvalue weighted by atomic mass is 16.5. The monoisotopic (exact) mass is 1080 g/mol. The lowest BCUT2D eigenvalue weighted by molar-refractivity contribution is -0.143. The van der Waals surface area contributed by atoms with Gasteiger partial charge in [0.25, 0.3) is 0 Å². The van der Waals surface area contributed by atoms with Crippen LogP contribution in [0.25, 0.3) is 0 Å². The van der Waals surface area contributed by atoms with Gasteiger partial charge in [-0.2, -0.15) is 0 Å². The molecule has 0 aliphatic carbocycles. The Balaban J connectivity index is 3.34. The molecule has 0 aromatic heterocycles. The lowest BCUT2D eigenvalue weighted by atomic mass is 10.0. The average molecular weight is 1080 g/mol. The molecule has 6 nitrogen and oxygen atoms in total. The smallest absolute Gasteiger partial charge is 0.305 e. The molecule has 0 saturated heterocycles. The number of aliphatic hydroxyl groups excluding tert-OH is 2. The summed E-state index contributed by atoms with van der Waals surface area (Å²) in [6, 6.07) is -0.624. The molecule has 0 aromatic carbocycles. The van der Waals surface area contributed by atoms with E-state index in [-0.39, 0.29) is 18.5 Å². The molecule has 6 heteroatoms. The van der Waals surface area contributed by atoms with Crippen LogP contribution < -0.4 is 5.32 Å². The van der Waals surface area contributed by atoms with E-state index in [0.717, 1.165) is 51.4 Å². The van der Waals surface area contributed by atoms with Gasteiger partial charge < -0.3 is 20.3 Å². The fraction of sp³-hybridized carbons (Fsp3) is 0.887. The van der Waals surface area contributed by atoms with Crippen LogP contribution in [-0.4, -0.2) is 47.4 Å². The first-order valence-electron chi connectivity index (χ1n) is 34.8. The van der Waals surface area contributed by atoms with Gasteiger partial charge in [-0.15, -0.1) is 0 Å². The fourth-order valence-electron chi connectivity index (χ4n) is 10.8. The number of hydrogen-bond donors (Lipinski definition) is 3. The van der Waals surface area contributed by atoms with Crippen molar-refractivity contribution in [2.24, 2.45) is 0 Å². The average Bonchev–Trinajstić information content (AvgIpc) is 3.43. The molecule has 0 bridgehead atoms. The first kappa shape index (κ1) is 75.1. The van der Waals surface area contributed by atoms with Crippen molar-refractivity contribution in [3.8, 4) is 0 Å². The molecule has 0 unspecified atom stereocenters. The maximum Gasteiger partial charge on any atom is 0.305 e. The van der Waals surface area contributed by atoms with E-state index in [2.05, 4.69) is 43.5 Å². The van der Waals surface area contributed by atoms with E-state index in [0.29, 0.717) is 19.4 Å². The van der Waals surface area contributed by atoms with Crippen LogP contribution in [0.15, 0.2) is 36.5 Å². The van der Waals surface area contributed by atoms with Crippen LogP contribution >= 0.6 is 0 Å². The van der Waals surface area contributed by atoms with Gasteiger partial charge in [0.1, 0.15) is 0 Å². The number of esters is 1. The second-order valence-corrected chi connectivity index (χ2v) is 23.9. The number of amides is 1. The van der Waals surface area contributed by atoms with Gasteiger partial charge in [0.15, 0.2) is 0 Å². The zero-order valence-electron chi connectivity index (χ0n) is 52.0. The van der Waals surface area contributed by atoms with Crippen LogP contribution in [0.1, 0.15) is 380 Å². The first-order chi connectivity index (χ1) is 38.0. The van der Waals surface area contributed by atoms with Crippen molar-refractivity contribution in [1.82, 2.24) is 5.32 Å². The Labute approximate surface area is 481 Å². The van der Waals surface area contributed by atoms with E-state index in [1.54, 1.807) is 6.08 Å². The van der Waals surface area contributed by atoms with Crippen molar-refractivity contribution in [1.29, 1.82) is 0 Å². The molecule has 0 aliphatic heterocycles. The largest absolute Gasteiger partial charge is 0.466 e. The molecule has 2 atom stereocenters. The van der Waals surface area contributed by atoms with Gasteiger partial charge in [0.2, 0.25) is 5.91 Å². The van der Waals surface area contributed by atoms with E-state index in [4.69, 9.17) is 4.74 Å². The SMILES string of the molecule is CCCCC/C=C\C/C=C\CCCCCCCC(=O)OCCCCCCCCCCCCCCCCCCCCCCCCCCCCCCCCCC(=O)N[C@@H](CO)[C@H](O)/C=C/CCCCCCCCCCCCCC. The molecule has 3 N–H and O–H groups in total. The van der Waals surface area contributed by atoms with Crippen LogP contribution in [0.4, 0.5) is 0 Å². The molecule has 1 amide bonds. The predicted octanol–water partition coefficient (Wildman–Crippen LogP) is 22.3.